The van der Waals surface area contributed by atoms with Crippen molar-refractivity contribution in [2.75, 3.05) is 0 Å². The number of rotatable bonds is 4. The maximum atomic E-state index is 13.0. The number of nitrogens with zero attached hydrogens (tertiary/aromatic N) is 2. The molecule has 0 saturated carbocycles. The quantitative estimate of drug-likeness (QED) is 0.488. The summed E-state index contributed by atoms with van der Waals surface area (Å²) in [5.41, 5.74) is 2.03. The van der Waals surface area contributed by atoms with Gasteiger partial charge in [-0.2, -0.15) is 0 Å². The average Bonchev–Trinajstić information content (AvgIpc) is 2.88. The minimum atomic E-state index is -0.265. The van der Waals surface area contributed by atoms with E-state index in [9.17, 15) is 4.39 Å². The van der Waals surface area contributed by atoms with Crippen LogP contribution in [0, 0.1) is 9.77 Å². The van der Waals surface area contributed by atoms with Gasteiger partial charge in [0.1, 0.15) is 5.82 Å². The van der Waals surface area contributed by atoms with E-state index in [0.717, 1.165) is 15.8 Å². The van der Waals surface area contributed by atoms with Crippen molar-refractivity contribution in [3.63, 3.8) is 0 Å². The van der Waals surface area contributed by atoms with Crippen molar-refractivity contribution < 1.29 is 4.39 Å². The smallest absolute Gasteiger partial charge is 0.184 e. The van der Waals surface area contributed by atoms with Crippen LogP contribution in [0.4, 0.5) is 4.39 Å². The van der Waals surface area contributed by atoms with Gasteiger partial charge in [0.05, 0.1) is 5.69 Å². The van der Waals surface area contributed by atoms with Gasteiger partial charge in [0.25, 0.3) is 0 Å². The molecule has 0 radical (unpaired) electrons. The zero-order chi connectivity index (χ0) is 14.7. The molecule has 0 aliphatic rings. The van der Waals surface area contributed by atoms with E-state index in [4.69, 9.17) is 12.2 Å². The van der Waals surface area contributed by atoms with Crippen LogP contribution in [0.15, 0.2) is 58.9 Å². The molecule has 0 saturated heterocycles. The summed E-state index contributed by atoms with van der Waals surface area (Å²) >= 11 is 8.45. The van der Waals surface area contributed by atoms with Crippen molar-refractivity contribution in [2.45, 2.75) is 10.1 Å². The Morgan fingerprint density at radius 2 is 1.81 bits per heavy atom. The average molecular weight is 334 g/mol. The SMILES string of the molecule is Fc1ccc(-n2nc(SCc3ccccc3)sc2=S)cc1. The molecular weight excluding hydrogens is 323 g/mol. The van der Waals surface area contributed by atoms with Gasteiger partial charge in [0, 0.05) is 5.75 Å². The Kier molecular flexibility index (Phi) is 4.48. The number of halogens is 1. The number of thioether (sulfide) groups is 1. The Labute approximate surface area is 135 Å². The predicted octanol–water partition coefficient (Wildman–Crippen LogP) is 5.09. The van der Waals surface area contributed by atoms with Crippen LogP contribution in [0.3, 0.4) is 0 Å². The summed E-state index contributed by atoms with van der Waals surface area (Å²) in [6.07, 6.45) is 0. The van der Waals surface area contributed by atoms with E-state index in [0.29, 0.717) is 3.95 Å². The van der Waals surface area contributed by atoms with Gasteiger partial charge in [-0.05, 0) is 42.0 Å². The highest BCUT2D eigenvalue weighted by atomic mass is 32.2. The predicted molar refractivity (Wildman–Crippen MR) is 88.2 cm³/mol. The molecular formula is C15H11FN2S3. The van der Waals surface area contributed by atoms with E-state index in [1.807, 2.05) is 18.2 Å². The molecule has 21 heavy (non-hydrogen) atoms. The van der Waals surface area contributed by atoms with Crippen LogP contribution in [0.1, 0.15) is 5.56 Å². The monoisotopic (exact) mass is 334 g/mol. The third-order valence-electron chi connectivity index (χ3n) is 2.81. The van der Waals surface area contributed by atoms with Crippen LogP contribution in [0.5, 0.6) is 0 Å². The summed E-state index contributed by atoms with van der Waals surface area (Å²) in [6, 6.07) is 16.4. The molecule has 106 valence electrons. The molecule has 0 spiro atoms. The molecule has 0 fully saturated rings. The highest BCUT2D eigenvalue weighted by Gasteiger charge is 2.07. The molecule has 1 heterocycles. The topological polar surface area (TPSA) is 17.8 Å². The fourth-order valence-corrected chi connectivity index (χ4v) is 4.10. The lowest BCUT2D eigenvalue weighted by molar-refractivity contribution is 0.627. The molecule has 2 aromatic carbocycles. The second kappa shape index (κ2) is 6.51. The zero-order valence-electron chi connectivity index (χ0n) is 10.9. The second-order valence-electron chi connectivity index (χ2n) is 4.30. The molecule has 1 aromatic heterocycles. The van der Waals surface area contributed by atoms with E-state index >= 15 is 0 Å². The van der Waals surface area contributed by atoms with E-state index < -0.39 is 0 Å². The van der Waals surface area contributed by atoms with Gasteiger partial charge >= 0.3 is 0 Å². The summed E-state index contributed by atoms with van der Waals surface area (Å²) in [4.78, 5) is 0. The van der Waals surface area contributed by atoms with E-state index in [1.54, 1.807) is 28.6 Å². The van der Waals surface area contributed by atoms with Gasteiger partial charge in [-0.15, -0.1) is 5.10 Å². The zero-order valence-corrected chi connectivity index (χ0v) is 13.3. The van der Waals surface area contributed by atoms with Gasteiger partial charge < -0.3 is 0 Å². The number of benzene rings is 2. The fraction of sp³-hybridized carbons (Fsp3) is 0.0667. The molecule has 0 N–H and O–H groups in total. The first kappa shape index (κ1) is 14.4. The van der Waals surface area contributed by atoms with Crippen LogP contribution in [0.2, 0.25) is 0 Å². The van der Waals surface area contributed by atoms with E-state index in [1.165, 1.54) is 29.0 Å². The first-order valence-electron chi connectivity index (χ1n) is 6.25. The number of aromatic nitrogens is 2. The molecule has 0 aliphatic carbocycles. The fourth-order valence-electron chi connectivity index (χ4n) is 1.78. The molecule has 0 atom stereocenters. The molecule has 0 bridgehead atoms. The van der Waals surface area contributed by atoms with Gasteiger partial charge in [-0.3, -0.25) is 0 Å². The van der Waals surface area contributed by atoms with Crippen LogP contribution in [-0.2, 0) is 5.75 Å². The van der Waals surface area contributed by atoms with Crippen molar-refractivity contribution >= 4 is 35.3 Å². The second-order valence-corrected chi connectivity index (χ2v) is 7.14. The number of hydrogen-bond donors (Lipinski definition) is 0. The largest absolute Gasteiger partial charge is 0.211 e. The summed E-state index contributed by atoms with van der Waals surface area (Å²) in [7, 11) is 0. The first-order chi connectivity index (χ1) is 10.2. The Morgan fingerprint density at radius 3 is 2.52 bits per heavy atom. The lowest BCUT2D eigenvalue weighted by atomic mass is 10.2. The Bertz CT molecular complexity index is 779. The van der Waals surface area contributed by atoms with Crippen molar-refractivity contribution in [2.24, 2.45) is 0 Å². The lowest BCUT2D eigenvalue weighted by Crippen LogP contribution is -1.96. The van der Waals surface area contributed by atoms with Crippen molar-refractivity contribution in [3.05, 3.63) is 69.9 Å². The highest BCUT2D eigenvalue weighted by molar-refractivity contribution is 8.00. The van der Waals surface area contributed by atoms with E-state index in [2.05, 4.69) is 17.2 Å². The minimum Gasteiger partial charge on any atom is -0.211 e. The summed E-state index contributed by atoms with van der Waals surface area (Å²) in [6.45, 7) is 0. The standard InChI is InChI=1S/C15H11FN2S3/c16-12-6-8-13(9-7-12)18-15(19)21-14(17-18)20-10-11-4-2-1-3-5-11/h1-9H,10H2. The van der Waals surface area contributed by atoms with Gasteiger partial charge in [0.15, 0.2) is 8.29 Å². The lowest BCUT2D eigenvalue weighted by Gasteiger charge is -2.00. The Balaban J connectivity index is 1.78. The van der Waals surface area contributed by atoms with E-state index in [-0.39, 0.29) is 5.82 Å². The summed E-state index contributed by atoms with van der Waals surface area (Å²) in [5.74, 6) is 0.589. The van der Waals surface area contributed by atoms with Gasteiger partial charge in [-0.1, -0.05) is 53.4 Å². The van der Waals surface area contributed by atoms with Crippen molar-refractivity contribution in [1.82, 2.24) is 9.78 Å². The normalized spacial score (nSPS) is 10.7. The van der Waals surface area contributed by atoms with Crippen LogP contribution >= 0.6 is 35.3 Å². The van der Waals surface area contributed by atoms with Crippen LogP contribution < -0.4 is 0 Å². The van der Waals surface area contributed by atoms with Crippen molar-refractivity contribution in [1.29, 1.82) is 0 Å². The molecule has 3 rings (SSSR count). The minimum absolute atomic E-state index is 0.265. The molecule has 0 amide bonds. The molecule has 0 unspecified atom stereocenters. The van der Waals surface area contributed by atoms with Crippen LogP contribution in [-0.4, -0.2) is 9.78 Å². The maximum absolute atomic E-state index is 13.0. The molecule has 2 nitrogen and oxygen atoms in total. The third kappa shape index (κ3) is 3.58. The summed E-state index contributed by atoms with van der Waals surface area (Å²) < 4.78 is 16.2. The van der Waals surface area contributed by atoms with Crippen molar-refractivity contribution in [3.8, 4) is 5.69 Å². The first-order valence-corrected chi connectivity index (χ1v) is 8.46. The molecule has 6 heteroatoms. The Morgan fingerprint density at radius 1 is 1.10 bits per heavy atom. The summed E-state index contributed by atoms with van der Waals surface area (Å²) in [5, 5.41) is 4.50. The molecule has 3 aromatic rings. The van der Waals surface area contributed by atoms with Crippen LogP contribution in [0.25, 0.3) is 5.69 Å². The highest BCUT2D eigenvalue weighted by Crippen LogP contribution is 2.27. The van der Waals surface area contributed by atoms with Gasteiger partial charge in [-0.25, -0.2) is 9.07 Å². The van der Waals surface area contributed by atoms with Gasteiger partial charge in [0.2, 0.25) is 0 Å². The maximum Gasteiger partial charge on any atom is 0.184 e. The molecule has 0 aliphatic heterocycles. The number of hydrogen-bond acceptors (Lipinski definition) is 4. The Hall–Kier alpha value is -1.50. The third-order valence-corrected chi connectivity index (χ3v) is 5.24.